The highest BCUT2D eigenvalue weighted by Gasteiger charge is 2.34. The molecule has 212 valence electrons. The fourth-order valence-electron chi connectivity index (χ4n) is 4.15. The molecule has 40 heavy (non-hydrogen) atoms. The van der Waals surface area contributed by atoms with Crippen molar-refractivity contribution in [2.75, 3.05) is 31.1 Å². The second kappa shape index (κ2) is 13.6. The lowest BCUT2D eigenvalue weighted by Crippen LogP contribution is -2.52. The van der Waals surface area contributed by atoms with E-state index in [2.05, 4.69) is 10.0 Å². The van der Waals surface area contributed by atoms with Crippen molar-refractivity contribution in [3.05, 3.63) is 83.4 Å². The van der Waals surface area contributed by atoms with Crippen LogP contribution in [0, 0.1) is 0 Å². The van der Waals surface area contributed by atoms with E-state index in [0.717, 1.165) is 18.4 Å². The van der Waals surface area contributed by atoms with Crippen molar-refractivity contribution in [3.63, 3.8) is 0 Å². The zero-order valence-electron chi connectivity index (χ0n) is 22.1. The molecule has 0 saturated heterocycles. The number of anilines is 1. The number of ether oxygens (including phenoxy) is 2. The van der Waals surface area contributed by atoms with Crippen molar-refractivity contribution in [2.45, 2.75) is 37.2 Å². The number of rotatable bonds is 12. The minimum Gasteiger partial charge on any atom is -0.482 e. The van der Waals surface area contributed by atoms with E-state index >= 15 is 0 Å². The molecule has 0 bridgehead atoms. The van der Waals surface area contributed by atoms with Crippen molar-refractivity contribution in [1.82, 2.24) is 10.0 Å². The number of fused-ring (bicyclic) bond motifs is 1. The van der Waals surface area contributed by atoms with E-state index in [1.165, 1.54) is 23.1 Å². The molecule has 1 atom stereocenters. The largest absolute Gasteiger partial charge is 0.482 e. The van der Waals surface area contributed by atoms with E-state index in [9.17, 15) is 18.0 Å². The maximum Gasteiger partial charge on any atom is 0.265 e. The van der Waals surface area contributed by atoms with Crippen LogP contribution in [0.15, 0.2) is 77.7 Å². The number of unbranched alkanes of at least 4 members (excludes halogenated alkanes) is 1. The van der Waals surface area contributed by atoms with Gasteiger partial charge < -0.3 is 19.7 Å². The quantitative estimate of drug-likeness (QED) is 0.311. The summed E-state index contributed by atoms with van der Waals surface area (Å²) in [4.78, 5) is 27.6. The first kappa shape index (κ1) is 29.4. The standard InChI is InChI=1S/C29H32ClN3O6S/c1-2-3-16-32-40(36,37)22-13-14-25(23(30)18-22)38-20-28(34)33-19-27(39-26-12-8-7-11-24(26)33)29(35)31-17-15-21-9-5-4-6-10-21/h4-14,18,27,32H,2-3,15-17,19-20H2,1H3,(H,31,35). The zero-order valence-corrected chi connectivity index (χ0v) is 23.7. The molecule has 9 nitrogen and oxygen atoms in total. The van der Waals surface area contributed by atoms with E-state index < -0.39 is 22.0 Å². The molecule has 1 aliphatic rings. The zero-order chi connectivity index (χ0) is 28.5. The van der Waals surface area contributed by atoms with E-state index in [4.69, 9.17) is 21.1 Å². The first-order valence-corrected chi connectivity index (χ1v) is 14.9. The highest BCUT2D eigenvalue weighted by molar-refractivity contribution is 7.89. The van der Waals surface area contributed by atoms with Crippen LogP contribution in [0.2, 0.25) is 5.02 Å². The van der Waals surface area contributed by atoms with Gasteiger partial charge >= 0.3 is 0 Å². The Balaban J connectivity index is 1.39. The van der Waals surface area contributed by atoms with E-state index in [-0.39, 0.29) is 34.7 Å². The summed E-state index contributed by atoms with van der Waals surface area (Å²) in [5, 5.41) is 2.94. The predicted molar refractivity (Wildman–Crippen MR) is 153 cm³/mol. The van der Waals surface area contributed by atoms with Gasteiger partial charge in [0.1, 0.15) is 11.5 Å². The van der Waals surface area contributed by atoms with Crippen molar-refractivity contribution in [3.8, 4) is 11.5 Å². The van der Waals surface area contributed by atoms with E-state index in [0.29, 0.717) is 30.9 Å². The molecule has 0 fully saturated rings. The number of para-hydroxylation sites is 2. The maximum atomic E-state index is 13.3. The average Bonchev–Trinajstić information content (AvgIpc) is 2.96. The van der Waals surface area contributed by atoms with Gasteiger partial charge in [-0.05, 0) is 48.7 Å². The van der Waals surface area contributed by atoms with Gasteiger partial charge in [0.25, 0.3) is 11.8 Å². The third kappa shape index (κ3) is 7.53. The number of carbonyl (C=O) groups excluding carboxylic acids is 2. The monoisotopic (exact) mass is 585 g/mol. The summed E-state index contributed by atoms with van der Waals surface area (Å²) >= 11 is 6.29. The average molecular weight is 586 g/mol. The molecule has 0 aromatic heterocycles. The van der Waals surface area contributed by atoms with Gasteiger partial charge in [-0.1, -0.05) is 67.4 Å². The van der Waals surface area contributed by atoms with Gasteiger partial charge in [-0.2, -0.15) is 0 Å². The Bertz CT molecular complexity index is 1430. The minimum atomic E-state index is -3.71. The van der Waals surface area contributed by atoms with Gasteiger partial charge in [0.05, 0.1) is 22.2 Å². The van der Waals surface area contributed by atoms with Crippen molar-refractivity contribution >= 4 is 39.1 Å². The van der Waals surface area contributed by atoms with Crippen molar-refractivity contribution in [2.24, 2.45) is 0 Å². The number of nitrogens with zero attached hydrogens (tertiary/aromatic N) is 1. The number of amides is 2. The van der Waals surface area contributed by atoms with E-state index in [1.807, 2.05) is 37.3 Å². The normalized spacial score (nSPS) is 14.7. The number of hydrogen-bond donors (Lipinski definition) is 2. The molecule has 0 aliphatic carbocycles. The Morgan fingerprint density at radius 3 is 2.55 bits per heavy atom. The Kier molecular flexibility index (Phi) is 10.0. The lowest BCUT2D eigenvalue weighted by atomic mass is 10.1. The molecule has 4 rings (SSSR count). The molecule has 3 aromatic rings. The molecule has 1 heterocycles. The molecule has 2 N–H and O–H groups in total. The number of carbonyl (C=O) groups is 2. The second-order valence-corrected chi connectivity index (χ2v) is 11.4. The first-order chi connectivity index (χ1) is 19.3. The topological polar surface area (TPSA) is 114 Å². The summed E-state index contributed by atoms with van der Waals surface area (Å²) in [5.41, 5.74) is 1.62. The minimum absolute atomic E-state index is 0.00468. The Hall–Kier alpha value is -3.60. The van der Waals surface area contributed by atoms with Crippen LogP contribution >= 0.6 is 11.6 Å². The molecular formula is C29H32ClN3O6S. The third-order valence-corrected chi connectivity index (χ3v) is 8.06. The summed E-state index contributed by atoms with van der Waals surface area (Å²) < 4.78 is 39.0. The van der Waals surface area contributed by atoms with Crippen LogP contribution in [0.4, 0.5) is 5.69 Å². The van der Waals surface area contributed by atoms with Gasteiger partial charge in [0.15, 0.2) is 12.7 Å². The van der Waals surface area contributed by atoms with Gasteiger partial charge in [0.2, 0.25) is 10.0 Å². The molecule has 0 saturated carbocycles. The smallest absolute Gasteiger partial charge is 0.265 e. The lowest BCUT2D eigenvalue weighted by Gasteiger charge is -2.34. The molecule has 0 spiro atoms. The fraction of sp³-hybridized carbons (Fsp3) is 0.310. The summed E-state index contributed by atoms with van der Waals surface area (Å²) in [6.07, 6.45) is 1.35. The van der Waals surface area contributed by atoms with Crippen molar-refractivity contribution < 1.29 is 27.5 Å². The number of hydrogen-bond acceptors (Lipinski definition) is 6. The maximum absolute atomic E-state index is 13.3. The molecule has 11 heteroatoms. The van der Waals surface area contributed by atoms with Crippen LogP contribution in [0.5, 0.6) is 11.5 Å². The van der Waals surface area contributed by atoms with Crippen LogP contribution in [-0.4, -0.2) is 52.6 Å². The van der Waals surface area contributed by atoms with Crippen LogP contribution in [0.3, 0.4) is 0 Å². The molecule has 3 aromatic carbocycles. The molecule has 1 unspecified atom stereocenters. The summed E-state index contributed by atoms with van der Waals surface area (Å²) in [5.74, 6) is -0.156. The van der Waals surface area contributed by atoms with Gasteiger partial charge in [0, 0.05) is 13.1 Å². The third-order valence-electron chi connectivity index (χ3n) is 6.31. The summed E-state index contributed by atoms with van der Waals surface area (Å²) in [6, 6.07) is 20.8. The lowest BCUT2D eigenvalue weighted by molar-refractivity contribution is -0.128. The highest BCUT2D eigenvalue weighted by Crippen LogP contribution is 2.34. The Morgan fingerprint density at radius 1 is 1.05 bits per heavy atom. The SMILES string of the molecule is CCCCNS(=O)(=O)c1ccc(OCC(=O)N2CC(C(=O)NCCc3ccccc3)Oc3ccccc32)c(Cl)c1. The van der Waals surface area contributed by atoms with Crippen LogP contribution in [0.25, 0.3) is 0 Å². The Labute approximate surface area is 239 Å². The first-order valence-electron chi connectivity index (χ1n) is 13.1. The number of nitrogens with one attached hydrogen (secondary N) is 2. The predicted octanol–water partition coefficient (Wildman–Crippen LogP) is 3.95. The summed E-state index contributed by atoms with van der Waals surface area (Å²) in [6.45, 7) is 2.36. The van der Waals surface area contributed by atoms with Gasteiger partial charge in [-0.3, -0.25) is 9.59 Å². The second-order valence-electron chi connectivity index (χ2n) is 9.24. The van der Waals surface area contributed by atoms with Gasteiger partial charge in [-0.25, -0.2) is 13.1 Å². The summed E-state index contributed by atoms with van der Waals surface area (Å²) in [7, 11) is -3.71. The van der Waals surface area contributed by atoms with Crippen molar-refractivity contribution in [1.29, 1.82) is 0 Å². The number of sulfonamides is 1. The molecule has 0 radical (unpaired) electrons. The molecule has 2 amide bonds. The fourth-order valence-corrected chi connectivity index (χ4v) is 5.55. The van der Waals surface area contributed by atoms with Crippen LogP contribution < -0.4 is 24.4 Å². The highest BCUT2D eigenvalue weighted by atomic mass is 35.5. The van der Waals surface area contributed by atoms with Crippen LogP contribution in [0.1, 0.15) is 25.3 Å². The number of halogens is 1. The molecular weight excluding hydrogens is 554 g/mol. The Morgan fingerprint density at radius 2 is 1.80 bits per heavy atom. The molecule has 1 aliphatic heterocycles. The van der Waals surface area contributed by atoms with Crippen LogP contribution in [-0.2, 0) is 26.0 Å². The van der Waals surface area contributed by atoms with E-state index in [1.54, 1.807) is 24.3 Å². The number of benzene rings is 3. The van der Waals surface area contributed by atoms with Gasteiger partial charge in [-0.15, -0.1) is 0 Å².